The molecule has 1 aromatic carbocycles. The molecule has 0 radical (unpaired) electrons. The summed E-state index contributed by atoms with van der Waals surface area (Å²) in [5, 5.41) is 1.89. The molecule has 1 N–H and O–H groups in total. The minimum Gasteiger partial charge on any atom is -0.331 e. The average molecular weight is 353 g/mol. The predicted octanol–water partition coefficient (Wildman–Crippen LogP) is 3.93. The van der Waals surface area contributed by atoms with Crippen LogP contribution in [0.2, 0.25) is 0 Å². The lowest BCUT2D eigenvalue weighted by atomic mass is 10.2. The molecular weight excluding hydrogens is 344 g/mol. The van der Waals surface area contributed by atoms with Crippen molar-refractivity contribution < 1.29 is 0 Å². The van der Waals surface area contributed by atoms with Crippen molar-refractivity contribution in [3.8, 4) is 0 Å². The van der Waals surface area contributed by atoms with Crippen molar-refractivity contribution in [1.29, 1.82) is 0 Å². The summed E-state index contributed by atoms with van der Waals surface area (Å²) in [4.78, 5) is 15.5. The van der Waals surface area contributed by atoms with Crippen molar-refractivity contribution in [3.05, 3.63) is 60.9 Å². The van der Waals surface area contributed by atoms with Crippen LogP contribution < -0.4 is 5.56 Å². The van der Waals surface area contributed by atoms with E-state index in [4.69, 9.17) is 12.2 Å². The Morgan fingerprint density at radius 1 is 1.37 bits per heavy atom. The van der Waals surface area contributed by atoms with Gasteiger partial charge in [-0.3, -0.25) is 9.36 Å². The zero-order chi connectivity index (χ0) is 13.4. The van der Waals surface area contributed by atoms with Crippen LogP contribution in [0, 0.1) is 4.77 Å². The Morgan fingerprint density at radius 3 is 3.00 bits per heavy atom. The first-order valence-electron chi connectivity index (χ1n) is 5.60. The van der Waals surface area contributed by atoms with Crippen molar-refractivity contribution in [2.75, 3.05) is 0 Å². The Labute approximate surface area is 126 Å². The molecule has 19 heavy (non-hydrogen) atoms. The molecule has 6 heteroatoms. The van der Waals surface area contributed by atoms with Gasteiger partial charge in [-0.15, -0.1) is 11.3 Å². The van der Waals surface area contributed by atoms with Gasteiger partial charge in [-0.1, -0.05) is 28.1 Å². The molecule has 0 atom stereocenters. The Hall–Kier alpha value is -1.24. The monoisotopic (exact) mass is 352 g/mol. The van der Waals surface area contributed by atoms with E-state index < -0.39 is 0 Å². The van der Waals surface area contributed by atoms with E-state index in [-0.39, 0.29) is 5.56 Å². The normalized spacial score (nSPS) is 11.0. The fourth-order valence-electron chi connectivity index (χ4n) is 1.93. The fraction of sp³-hybridized carbons (Fsp3) is 0.0769. The molecule has 0 aliphatic carbocycles. The Morgan fingerprint density at radius 2 is 2.21 bits per heavy atom. The molecule has 0 saturated carbocycles. The van der Waals surface area contributed by atoms with E-state index in [1.54, 1.807) is 4.57 Å². The van der Waals surface area contributed by atoms with E-state index >= 15 is 0 Å². The molecule has 3 nitrogen and oxygen atoms in total. The molecule has 2 heterocycles. The van der Waals surface area contributed by atoms with Crippen LogP contribution in [0.3, 0.4) is 0 Å². The van der Waals surface area contributed by atoms with Gasteiger partial charge in [0.15, 0.2) is 4.77 Å². The molecular formula is C13H9BrN2OS2. The number of thiophene rings is 1. The molecule has 0 unspecified atom stereocenters. The van der Waals surface area contributed by atoms with E-state index in [2.05, 4.69) is 20.9 Å². The van der Waals surface area contributed by atoms with Crippen LogP contribution in [0.1, 0.15) is 5.56 Å². The second kappa shape index (κ2) is 5.03. The number of nitrogens with one attached hydrogen (secondary N) is 1. The molecule has 0 aliphatic heterocycles. The van der Waals surface area contributed by atoms with Gasteiger partial charge in [0, 0.05) is 4.47 Å². The van der Waals surface area contributed by atoms with Crippen LogP contribution in [-0.4, -0.2) is 9.55 Å². The fourth-order valence-corrected chi connectivity index (χ4v) is 3.43. The van der Waals surface area contributed by atoms with Crippen LogP contribution in [0.5, 0.6) is 0 Å². The summed E-state index contributed by atoms with van der Waals surface area (Å²) in [7, 11) is 0. The summed E-state index contributed by atoms with van der Waals surface area (Å²) >= 11 is 10.1. The highest BCUT2D eigenvalue weighted by atomic mass is 79.9. The van der Waals surface area contributed by atoms with Gasteiger partial charge in [0.25, 0.3) is 5.56 Å². The predicted molar refractivity (Wildman–Crippen MR) is 84.5 cm³/mol. The molecule has 3 rings (SSSR count). The Bertz CT molecular complexity index is 863. The average Bonchev–Trinajstić information content (AvgIpc) is 2.83. The second-order valence-electron chi connectivity index (χ2n) is 4.11. The van der Waals surface area contributed by atoms with Crippen molar-refractivity contribution in [2.45, 2.75) is 6.54 Å². The van der Waals surface area contributed by atoms with Crippen molar-refractivity contribution >= 4 is 49.7 Å². The summed E-state index contributed by atoms with van der Waals surface area (Å²) in [5.41, 5.74) is 1.81. The van der Waals surface area contributed by atoms with Crippen molar-refractivity contribution in [1.82, 2.24) is 9.55 Å². The Balaban J connectivity index is 2.15. The third-order valence-electron chi connectivity index (χ3n) is 2.82. The van der Waals surface area contributed by atoms with Crippen LogP contribution in [-0.2, 0) is 6.54 Å². The maximum Gasteiger partial charge on any atom is 0.272 e. The van der Waals surface area contributed by atoms with Gasteiger partial charge in [0.2, 0.25) is 0 Å². The first-order valence-corrected chi connectivity index (χ1v) is 7.68. The number of rotatable bonds is 2. The summed E-state index contributed by atoms with van der Waals surface area (Å²) < 4.78 is 3.75. The molecule has 0 amide bonds. The number of fused-ring (bicyclic) bond motifs is 1. The number of aromatic nitrogens is 2. The van der Waals surface area contributed by atoms with E-state index in [9.17, 15) is 4.79 Å². The minimum atomic E-state index is -0.0336. The highest BCUT2D eigenvalue weighted by molar-refractivity contribution is 9.10. The van der Waals surface area contributed by atoms with Gasteiger partial charge >= 0.3 is 0 Å². The Kier molecular flexibility index (Phi) is 3.38. The molecule has 2 aromatic heterocycles. The molecule has 96 valence electrons. The lowest BCUT2D eigenvalue weighted by molar-refractivity contribution is 0.735. The standard InChI is InChI=1S/C13H9BrN2OS2/c14-9-3-1-2-8(6-9)7-16-12(17)11-10(4-5-19-11)15-13(16)18/h1-6H,7H2,(H,15,18). The number of hydrogen-bond acceptors (Lipinski definition) is 3. The minimum absolute atomic E-state index is 0.0336. The van der Waals surface area contributed by atoms with Gasteiger partial charge < -0.3 is 4.98 Å². The number of aromatic amines is 1. The van der Waals surface area contributed by atoms with Crippen molar-refractivity contribution in [3.63, 3.8) is 0 Å². The molecule has 0 saturated heterocycles. The number of hydrogen-bond donors (Lipinski definition) is 1. The van der Waals surface area contributed by atoms with Gasteiger partial charge in [0.1, 0.15) is 4.70 Å². The maximum absolute atomic E-state index is 12.4. The van der Waals surface area contributed by atoms with Crippen LogP contribution in [0.25, 0.3) is 10.2 Å². The lowest BCUT2D eigenvalue weighted by Crippen LogP contribution is -2.21. The third-order valence-corrected chi connectivity index (χ3v) is 4.54. The van der Waals surface area contributed by atoms with Gasteiger partial charge in [-0.2, -0.15) is 0 Å². The van der Waals surface area contributed by atoms with E-state index in [0.717, 1.165) is 15.6 Å². The summed E-state index contributed by atoms with van der Waals surface area (Å²) in [5.74, 6) is 0. The van der Waals surface area contributed by atoms with E-state index in [1.165, 1.54) is 11.3 Å². The largest absolute Gasteiger partial charge is 0.331 e. The van der Waals surface area contributed by atoms with Crippen LogP contribution in [0.15, 0.2) is 45.0 Å². The summed E-state index contributed by atoms with van der Waals surface area (Å²) in [6, 6.07) is 9.74. The lowest BCUT2D eigenvalue weighted by Gasteiger charge is -2.06. The molecule has 0 spiro atoms. The van der Waals surface area contributed by atoms with Gasteiger partial charge in [0.05, 0.1) is 12.1 Å². The van der Waals surface area contributed by atoms with Gasteiger partial charge in [-0.25, -0.2) is 0 Å². The number of nitrogens with zero attached hydrogens (tertiary/aromatic N) is 1. The highest BCUT2D eigenvalue weighted by Gasteiger charge is 2.07. The number of halogens is 1. The van der Waals surface area contributed by atoms with Crippen LogP contribution in [0.4, 0.5) is 0 Å². The number of H-pyrrole nitrogens is 1. The smallest absolute Gasteiger partial charge is 0.272 e. The van der Waals surface area contributed by atoms with E-state index in [0.29, 0.717) is 16.0 Å². The SMILES string of the molecule is O=c1c2sccc2[nH]c(=S)n1Cc1cccc(Br)c1. The molecule has 0 aliphatic rings. The first kappa shape index (κ1) is 12.8. The summed E-state index contributed by atoms with van der Waals surface area (Å²) in [6.07, 6.45) is 0. The van der Waals surface area contributed by atoms with E-state index in [1.807, 2.05) is 35.7 Å². The van der Waals surface area contributed by atoms with Crippen molar-refractivity contribution in [2.24, 2.45) is 0 Å². The molecule has 0 fully saturated rings. The maximum atomic E-state index is 12.4. The second-order valence-corrected chi connectivity index (χ2v) is 6.33. The zero-order valence-electron chi connectivity index (χ0n) is 9.72. The molecule has 3 aromatic rings. The molecule has 0 bridgehead atoms. The third kappa shape index (κ3) is 2.43. The number of benzene rings is 1. The topological polar surface area (TPSA) is 37.8 Å². The first-order chi connectivity index (χ1) is 9.15. The quantitative estimate of drug-likeness (QED) is 0.709. The zero-order valence-corrected chi connectivity index (χ0v) is 12.9. The summed E-state index contributed by atoms with van der Waals surface area (Å²) in [6.45, 7) is 0.474. The van der Waals surface area contributed by atoms with Gasteiger partial charge in [-0.05, 0) is 41.4 Å². The highest BCUT2D eigenvalue weighted by Crippen LogP contribution is 2.16. The van der Waals surface area contributed by atoms with Crippen LogP contribution >= 0.6 is 39.5 Å².